The summed E-state index contributed by atoms with van der Waals surface area (Å²) in [6, 6.07) is 3.37. The van der Waals surface area contributed by atoms with Crippen molar-refractivity contribution in [3.05, 3.63) is 23.9 Å². The van der Waals surface area contributed by atoms with E-state index >= 15 is 0 Å². The lowest BCUT2D eigenvalue weighted by molar-refractivity contribution is -0.122. The molecule has 1 unspecified atom stereocenters. The standard InChI is InChI=1S/C17H27N3O2/c1-2-6-15(18)17(21)20-12-13-9-10-19-16(11-13)22-14-7-4-3-5-8-14/h9-11,14-15H,2-8,12,18H2,1H3,(H,20,21). The van der Waals surface area contributed by atoms with E-state index in [4.69, 9.17) is 10.5 Å². The average Bonchev–Trinajstić information content (AvgIpc) is 2.54. The molecule has 1 amide bonds. The number of nitrogens with one attached hydrogen (secondary N) is 1. The van der Waals surface area contributed by atoms with Gasteiger partial charge in [-0.25, -0.2) is 4.98 Å². The van der Waals surface area contributed by atoms with Crippen LogP contribution in [0.25, 0.3) is 0 Å². The number of hydrogen-bond acceptors (Lipinski definition) is 4. The summed E-state index contributed by atoms with van der Waals surface area (Å²) in [4.78, 5) is 16.1. The van der Waals surface area contributed by atoms with Gasteiger partial charge in [0.25, 0.3) is 0 Å². The minimum absolute atomic E-state index is 0.103. The third-order valence-corrected chi connectivity index (χ3v) is 4.04. The van der Waals surface area contributed by atoms with Crippen LogP contribution in [0.15, 0.2) is 18.3 Å². The van der Waals surface area contributed by atoms with Gasteiger partial charge in [0.2, 0.25) is 11.8 Å². The molecule has 1 fully saturated rings. The van der Waals surface area contributed by atoms with Crippen LogP contribution in [0.2, 0.25) is 0 Å². The summed E-state index contributed by atoms with van der Waals surface area (Å²) in [7, 11) is 0. The molecule has 1 aromatic heterocycles. The van der Waals surface area contributed by atoms with E-state index in [0.717, 1.165) is 24.8 Å². The number of amides is 1. The van der Waals surface area contributed by atoms with E-state index in [2.05, 4.69) is 10.3 Å². The zero-order valence-corrected chi connectivity index (χ0v) is 13.4. The van der Waals surface area contributed by atoms with Crippen LogP contribution in [0.4, 0.5) is 0 Å². The molecule has 5 nitrogen and oxygen atoms in total. The quantitative estimate of drug-likeness (QED) is 0.811. The Kier molecular flexibility index (Phi) is 6.65. The van der Waals surface area contributed by atoms with Gasteiger partial charge in [-0.05, 0) is 43.7 Å². The molecular weight excluding hydrogens is 278 g/mol. The van der Waals surface area contributed by atoms with Crippen LogP contribution in [-0.2, 0) is 11.3 Å². The second-order valence-corrected chi connectivity index (χ2v) is 5.99. The minimum atomic E-state index is -0.426. The highest BCUT2D eigenvalue weighted by atomic mass is 16.5. The SMILES string of the molecule is CCCC(N)C(=O)NCc1ccnc(OC2CCCCC2)c1. The van der Waals surface area contributed by atoms with Gasteiger partial charge in [-0.3, -0.25) is 4.79 Å². The summed E-state index contributed by atoms with van der Waals surface area (Å²) in [6.45, 7) is 2.48. The van der Waals surface area contributed by atoms with Crippen molar-refractivity contribution in [2.24, 2.45) is 5.73 Å². The van der Waals surface area contributed by atoms with E-state index < -0.39 is 6.04 Å². The summed E-state index contributed by atoms with van der Waals surface area (Å²) in [5, 5.41) is 2.87. The molecule has 0 spiro atoms. The Balaban J connectivity index is 1.84. The fraction of sp³-hybridized carbons (Fsp3) is 0.647. The van der Waals surface area contributed by atoms with Crippen LogP contribution >= 0.6 is 0 Å². The van der Waals surface area contributed by atoms with Gasteiger partial charge in [-0.1, -0.05) is 19.8 Å². The number of pyridine rings is 1. The molecule has 5 heteroatoms. The number of nitrogens with zero attached hydrogens (tertiary/aromatic N) is 1. The van der Waals surface area contributed by atoms with E-state index in [0.29, 0.717) is 18.8 Å². The third-order valence-electron chi connectivity index (χ3n) is 4.04. The molecule has 2 rings (SSSR count). The van der Waals surface area contributed by atoms with Gasteiger partial charge in [0.15, 0.2) is 0 Å². The van der Waals surface area contributed by atoms with Gasteiger partial charge in [0.05, 0.1) is 6.04 Å². The average molecular weight is 305 g/mol. The lowest BCUT2D eigenvalue weighted by atomic mass is 9.98. The van der Waals surface area contributed by atoms with E-state index in [1.165, 1.54) is 19.3 Å². The number of hydrogen-bond donors (Lipinski definition) is 2. The zero-order valence-electron chi connectivity index (χ0n) is 13.4. The van der Waals surface area contributed by atoms with Crippen molar-refractivity contribution < 1.29 is 9.53 Å². The summed E-state index contributed by atoms with van der Waals surface area (Å²) in [6.07, 6.45) is 9.60. The molecule has 0 bridgehead atoms. The van der Waals surface area contributed by atoms with Crippen molar-refractivity contribution in [1.29, 1.82) is 0 Å². The first-order valence-corrected chi connectivity index (χ1v) is 8.34. The minimum Gasteiger partial charge on any atom is -0.474 e. The van der Waals surface area contributed by atoms with Gasteiger partial charge < -0.3 is 15.8 Å². The molecule has 0 aliphatic heterocycles. The van der Waals surface area contributed by atoms with Crippen molar-refractivity contribution >= 4 is 5.91 Å². The highest BCUT2D eigenvalue weighted by Gasteiger charge is 2.16. The molecule has 1 heterocycles. The Hall–Kier alpha value is -1.62. The Morgan fingerprint density at radius 2 is 2.23 bits per heavy atom. The van der Waals surface area contributed by atoms with Gasteiger partial charge in [0, 0.05) is 18.8 Å². The van der Waals surface area contributed by atoms with Crippen LogP contribution in [0, 0.1) is 0 Å². The Morgan fingerprint density at radius 1 is 1.45 bits per heavy atom. The highest BCUT2D eigenvalue weighted by Crippen LogP contribution is 2.22. The smallest absolute Gasteiger partial charge is 0.237 e. The fourth-order valence-electron chi connectivity index (χ4n) is 2.74. The first-order valence-electron chi connectivity index (χ1n) is 8.34. The van der Waals surface area contributed by atoms with Crippen molar-refractivity contribution in [3.8, 4) is 5.88 Å². The highest BCUT2D eigenvalue weighted by molar-refractivity contribution is 5.81. The molecule has 0 saturated heterocycles. The van der Waals surface area contributed by atoms with E-state index in [1.54, 1.807) is 6.20 Å². The molecule has 122 valence electrons. The maximum Gasteiger partial charge on any atom is 0.237 e. The molecule has 3 N–H and O–H groups in total. The molecule has 1 saturated carbocycles. The van der Waals surface area contributed by atoms with Crippen molar-refractivity contribution in [2.45, 2.75) is 70.6 Å². The topological polar surface area (TPSA) is 77.2 Å². The monoisotopic (exact) mass is 305 g/mol. The molecule has 1 atom stereocenters. The number of rotatable bonds is 7. The fourth-order valence-corrected chi connectivity index (χ4v) is 2.74. The summed E-state index contributed by atoms with van der Waals surface area (Å²) < 4.78 is 5.94. The van der Waals surface area contributed by atoms with Crippen LogP contribution in [0.3, 0.4) is 0 Å². The predicted molar refractivity (Wildman–Crippen MR) is 86.5 cm³/mol. The molecule has 1 aliphatic rings. The number of carbonyl (C=O) groups excluding carboxylic acids is 1. The van der Waals surface area contributed by atoms with E-state index in [9.17, 15) is 4.79 Å². The summed E-state index contributed by atoms with van der Waals surface area (Å²) in [5.41, 5.74) is 6.78. The van der Waals surface area contributed by atoms with Gasteiger partial charge >= 0.3 is 0 Å². The maximum atomic E-state index is 11.8. The lowest BCUT2D eigenvalue weighted by Gasteiger charge is -2.22. The van der Waals surface area contributed by atoms with Crippen LogP contribution in [0.5, 0.6) is 5.88 Å². The largest absolute Gasteiger partial charge is 0.474 e. The zero-order chi connectivity index (χ0) is 15.8. The van der Waals surface area contributed by atoms with E-state index in [1.807, 2.05) is 19.1 Å². The van der Waals surface area contributed by atoms with E-state index in [-0.39, 0.29) is 12.0 Å². The lowest BCUT2D eigenvalue weighted by Crippen LogP contribution is -2.40. The number of aromatic nitrogens is 1. The second-order valence-electron chi connectivity index (χ2n) is 5.99. The Morgan fingerprint density at radius 3 is 2.95 bits per heavy atom. The second kappa shape index (κ2) is 8.73. The van der Waals surface area contributed by atoms with Gasteiger partial charge in [-0.2, -0.15) is 0 Å². The van der Waals surface area contributed by atoms with Crippen molar-refractivity contribution in [2.75, 3.05) is 0 Å². The first-order chi connectivity index (χ1) is 10.7. The normalized spacial score (nSPS) is 17.0. The number of carbonyl (C=O) groups is 1. The maximum absolute atomic E-state index is 11.8. The molecule has 0 radical (unpaired) electrons. The number of nitrogens with two attached hydrogens (primary N) is 1. The first kappa shape index (κ1) is 16.7. The van der Waals surface area contributed by atoms with Crippen LogP contribution in [-0.4, -0.2) is 23.0 Å². The Labute approximate surface area is 132 Å². The van der Waals surface area contributed by atoms with Crippen LogP contribution < -0.4 is 15.8 Å². The van der Waals surface area contributed by atoms with Crippen molar-refractivity contribution in [3.63, 3.8) is 0 Å². The predicted octanol–water partition coefficient (Wildman–Crippen LogP) is 2.54. The van der Waals surface area contributed by atoms with Gasteiger partial charge in [0.1, 0.15) is 6.10 Å². The molecule has 1 aromatic rings. The number of ether oxygens (including phenoxy) is 1. The third kappa shape index (κ3) is 5.30. The molecular formula is C17H27N3O2. The van der Waals surface area contributed by atoms with Gasteiger partial charge in [-0.15, -0.1) is 0 Å². The molecule has 0 aromatic carbocycles. The van der Waals surface area contributed by atoms with Crippen LogP contribution in [0.1, 0.15) is 57.4 Å². The molecule has 22 heavy (non-hydrogen) atoms. The molecule has 1 aliphatic carbocycles. The summed E-state index contributed by atoms with van der Waals surface area (Å²) >= 11 is 0. The Bertz CT molecular complexity index is 473. The summed E-state index contributed by atoms with van der Waals surface area (Å²) in [5.74, 6) is 0.546. The van der Waals surface area contributed by atoms with Crippen molar-refractivity contribution in [1.82, 2.24) is 10.3 Å².